The number of fused-ring (bicyclic) bond motifs is 1. The van der Waals surface area contributed by atoms with Crippen molar-refractivity contribution in [1.82, 2.24) is 9.78 Å². The number of benzene rings is 1. The molecule has 0 aliphatic heterocycles. The van der Waals surface area contributed by atoms with Crippen LogP contribution in [-0.4, -0.2) is 9.78 Å². The molecule has 3 rings (SSSR count). The van der Waals surface area contributed by atoms with E-state index in [-0.39, 0.29) is 0 Å². The lowest BCUT2D eigenvalue weighted by molar-refractivity contribution is 0.777. The number of halogens is 1. The summed E-state index contributed by atoms with van der Waals surface area (Å²) in [6, 6.07) is 10.3. The Kier molecular flexibility index (Phi) is 2.84. The Morgan fingerprint density at radius 2 is 2.17 bits per heavy atom. The fourth-order valence-electron chi connectivity index (χ4n) is 1.99. The Morgan fingerprint density at radius 1 is 1.39 bits per heavy atom. The number of nitriles is 1. The maximum atomic E-state index is 9.41. The molecule has 0 unspecified atom stereocenters. The van der Waals surface area contributed by atoms with Crippen molar-refractivity contribution in [2.75, 3.05) is 0 Å². The van der Waals surface area contributed by atoms with E-state index in [2.05, 4.69) is 33.8 Å². The predicted molar refractivity (Wildman–Crippen MR) is 81.5 cm³/mol. The van der Waals surface area contributed by atoms with Crippen LogP contribution in [0.4, 0.5) is 0 Å². The lowest BCUT2D eigenvalue weighted by atomic mass is 10.1. The van der Waals surface area contributed by atoms with E-state index in [1.165, 1.54) is 0 Å². The van der Waals surface area contributed by atoms with Crippen LogP contribution in [0.15, 0.2) is 30.5 Å². The average molecular weight is 365 g/mol. The van der Waals surface area contributed by atoms with E-state index in [0.717, 1.165) is 29.8 Å². The van der Waals surface area contributed by atoms with Crippen LogP contribution >= 0.6 is 33.9 Å². The molecule has 88 valence electrons. The first-order valence-corrected chi connectivity index (χ1v) is 7.21. The Hall–Kier alpha value is -1.39. The van der Waals surface area contributed by atoms with Crippen LogP contribution in [0.3, 0.4) is 0 Å². The molecule has 2 heterocycles. The Labute approximate surface area is 122 Å². The van der Waals surface area contributed by atoms with E-state index in [1.54, 1.807) is 11.3 Å². The first-order valence-electron chi connectivity index (χ1n) is 5.32. The second-order valence-corrected chi connectivity index (χ2v) is 6.09. The summed E-state index contributed by atoms with van der Waals surface area (Å²) < 4.78 is 4.03. The third-order valence-electron chi connectivity index (χ3n) is 2.82. The molecule has 0 aliphatic rings. The highest BCUT2D eigenvalue weighted by Crippen LogP contribution is 2.39. The molecule has 1 aromatic carbocycles. The second kappa shape index (κ2) is 4.37. The molecule has 5 heteroatoms. The quantitative estimate of drug-likeness (QED) is 0.616. The molecule has 0 saturated carbocycles. The molecule has 0 fully saturated rings. The van der Waals surface area contributed by atoms with E-state index in [9.17, 15) is 5.26 Å². The maximum Gasteiger partial charge on any atom is 0.101 e. The summed E-state index contributed by atoms with van der Waals surface area (Å²) in [6.45, 7) is 0. The summed E-state index contributed by atoms with van der Waals surface area (Å²) in [5.74, 6) is 0. The Morgan fingerprint density at radius 3 is 2.83 bits per heavy atom. The molecular weight excluding hydrogens is 357 g/mol. The molecule has 0 aliphatic carbocycles. The van der Waals surface area contributed by atoms with Crippen LogP contribution < -0.4 is 0 Å². The fraction of sp³-hybridized carbons (Fsp3) is 0.0769. The summed E-state index contributed by atoms with van der Waals surface area (Å²) in [6.07, 6.45) is 1.82. The van der Waals surface area contributed by atoms with Gasteiger partial charge in [-0.1, -0.05) is 18.2 Å². The Bertz CT molecular complexity index is 760. The highest BCUT2D eigenvalue weighted by Gasteiger charge is 2.18. The zero-order valence-corrected chi connectivity index (χ0v) is 12.5. The van der Waals surface area contributed by atoms with Gasteiger partial charge in [0.1, 0.15) is 6.07 Å². The SMILES string of the molecule is Cn1ncc(I)c1-c1sc2ccccc2c1C#N. The van der Waals surface area contributed by atoms with Gasteiger partial charge in [-0.2, -0.15) is 10.4 Å². The first kappa shape index (κ1) is 11.7. The van der Waals surface area contributed by atoms with Gasteiger partial charge < -0.3 is 0 Å². The van der Waals surface area contributed by atoms with Crippen LogP contribution in [0.5, 0.6) is 0 Å². The minimum atomic E-state index is 0.747. The molecule has 0 saturated heterocycles. The van der Waals surface area contributed by atoms with Gasteiger partial charge in [-0.15, -0.1) is 11.3 Å². The fourth-order valence-corrected chi connectivity index (χ4v) is 4.16. The molecule has 2 aromatic heterocycles. The second-order valence-electron chi connectivity index (χ2n) is 3.88. The van der Waals surface area contributed by atoms with E-state index in [0.29, 0.717) is 0 Å². The van der Waals surface area contributed by atoms with Gasteiger partial charge >= 0.3 is 0 Å². The maximum absolute atomic E-state index is 9.41. The molecule has 18 heavy (non-hydrogen) atoms. The van der Waals surface area contributed by atoms with Crippen molar-refractivity contribution in [1.29, 1.82) is 5.26 Å². The van der Waals surface area contributed by atoms with Gasteiger partial charge in [0.05, 0.1) is 25.9 Å². The van der Waals surface area contributed by atoms with E-state index in [4.69, 9.17) is 0 Å². The summed E-state index contributed by atoms with van der Waals surface area (Å²) in [7, 11) is 1.91. The van der Waals surface area contributed by atoms with Crippen LogP contribution in [0, 0.1) is 14.9 Å². The monoisotopic (exact) mass is 365 g/mol. The molecule has 0 bridgehead atoms. The zero-order valence-electron chi connectivity index (χ0n) is 9.51. The lowest BCUT2D eigenvalue weighted by Crippen LogP contribution is -1.93. The van der Waals surface area contributed by atoms with Gasteiger partial charge in [0.15, 0.2) is 0 Å². The normalized spacial score (nSPS) is 10.7. The van der Waals surface area contributed by atoms with Gasteiger partial charge in [-0.05, 0) is 28.7 Å². The van der Waals surface area contributed by atoms with Gasteiger partial charge in [0, 0.05) is 17.1 Å². The molecule has 3 nitrogen and oxygen atoms in total. The summed E-state index contributed by atoms with van der Waals surface area (Å²) in [5, 5.41) is 14.7. The summed E-state index contributed by atoms with van der Waals surface area (Å²) in [4.78, 5) is 1.00. The lowest BCUT2D eigenvalue weighted by Gasteiger charge is -2.00. The van der Waals surface area contributed by atoms with Gasteiger partial charge in [-0.3, -0.25) is 4.68 Å². The largest absolute Gasteiger partial charge is 0.266 e. The molecular formula is C13H8IN3S. The number of aromatic nitrogens is 2. The van der Waals surface area contributed by atoms with Crippen LogP contribution in [-0.2, 0) is 7.05 Å². The van der Waals surface area contributed by atoms with Crippen LogP contribution in [0.2, 0.25) is 0 Å². The molecule has 3 aromatic rings. The minimum absolute atomic E-state index is 0.747. The third-order valence-corrected chi connectivity index (χ3v) is 4.78. The third kappa shape index (κ3) is 1.64. The van der Waals surface area contributed by atoms with Crippen molar-refractivity contribution in [3.8, 4) is 16.6 Å². The molecule has 0 atom stereocenters. The molecule has 0 radical (unpaired) electrons. The topological polar surface area (TPSA) is 41.6 Å². The van der Waals surface area contributed by atoms with E-state index < -0.39 is 0 Å². The molecule has 0 spiro atoms. The highest BCUT2D eigenvalue weighted by atomic mass is 127. The standard InChI is InChI=1S/C13H8IN3S/c1-17-12(10(14)7-16-17)13-9(6-15)8-4-2-3-5-11(8)18-13/h2-5,7H,1H3. The van der Waals surface area contributed by atoms with Gasteiger partial charge in [0.2, 0.25) is 0 Å². The van der Waals surface area contributed by atoms with Crippen molar-refractivity contribution in [2.45, 2.75) is 0 Å². The van der Waals surface area contributed by atoms with Crippen LogP contribution in [0.25, 0.3) is 20.7 Å². The van der Waals surface area contributed by atoms with Crippen molar-refractivity contribution in [2.24, 2.45) is 7.05 Å². The highest BCUT2D eigenvalue weighted by molar-refractivity contribution is 14.1. The Balaban J connectivity index is 2.40. The first-order chi connectivity index (χ1) is 8.72. The van der Waals surface area contributed by atoms with Gasteiger partial charge in [-0.25, -0.2) is 0 Å². The van der Waals surface area contributed by atoms with Crippen molar-refractivity contribution in [3.05, 3.63) is 39.6 Å². The number of rotatable bonds is 1. The number of nitrogens with zero attached hydrogens (tertiary/aromatic N) is 3. The number of aryl methyl sites for hydroxylation is 1. The molecule has 0 amide bonds. The zero-order chi connectivity index (χ0) is 12.7. The molecule has 0 N–H and O–H groups in total. The average Bonchev–Trinajstić information content (AvgIpc) is 2.89. The predicted octanol–water partition coefficient (Wildman–Crippen LogP) is 3.78. The van der Waals surface area contributed by atoms with Crippen LogP contribution in [0.1, 0.15) is 5.56 Å². The number of hydrogen-bond donors (Lipinski definition) is 0. The number of hydrogen-bond acceptors (Lipinski definition) is 3. The summed E-state index contributed by atoms with van der Waals surface area (Å²) in [5.41, 5.74) is 1.77. The van der Waals surface area contributed by atoms with Crippen molar-refractivity contribution < 1.29 is 0 Å². The van der Waals surface area contributed by atoms with E-state index in [1.807, 2.05) is 42.2 Å². The number of thiophene rings is 1. The van der Waals surface area contributed by atoms with Gasteiger partial charge in [0.25, 0.3) is 0 Å². The summed E-state index contributed by atoms with van der Waals surface area (Å²) >= 11 is 3.90. The van der Waals surface area contributed by atoms with E-state index >= 15 is 0 Å². The smallest absolute Gasteiger partial charge is 0.101 e. The minimum Gasteiger partial charge on any atom is -0.266 e. The van der Waals surface area contributed by atoms with Crippen molar-refractivity contribution in [3.63, 3.8) is 0 Å². The van der Waals surface area contributed by atoms with Crippen molar-refractivity contribution >= 4 is 44.0 Å².